The molecule has 0 aliphatic rings. The van der Waals surface area contributed by atoms with Crippen LogP contribution in [0.1, 0.15) is 158 Å². The number of nitrogens with zero attached hydrogens (tertiary/aromatic N) is 2. The molecule has 0 aliphatic heterocycles. The Labute approximate surface area is 455 Å². The predicted molar refractivity (Wildman–Crippen MR) is 328 cm³/mol. The third kappa shape index (κ3) is 11.1. The van der Waals surface area contributed by atoms with E-state index < -0.39 is 0 Å². The molecule has 2 heterocycles. The van der Waals surface area contributed by atoms with Gasteiger partial charge in [-0.15, -0.1) is 0 Å². The maximum atomic E-state index is 6.77. The standard InChI is InChI=1S/C71H82N4O/c1-66(2,3)45-30-33-52(58(40-45)70(13,14)15)56-38-48(69(10,11)12)39-57(53-34-31-46(67(4,5)6)41-59(53)71(16,17)18)65(56)74-61-28-21-20-27-60(61)73-49-24-23-25-50(43-49)76-51-32-35-55-54-26-19-22-29-62(54)75(63(55)44-51)64-42-47(36-37-72-64)68(7,8)9/h19-44,73-74H,1-18H3. The first-order valence-electron chi connectivity index (χ1n) is 27.4. The van der Waals surface area contributed by atoms with Gasteiger partial charge >= 0.3 is 0 Å². The zero-order valence-electron chi connectivity index (χ0n) is 48.8. The van der Waals surface area contributed by atoms with Crippen molar-refractivity contribution in [1.29, 1.82) is 0 Å². The fraction of sp³-hybridized carbons (Fsp3) is 0.338. The van der Waals surface area contributed by atoms with Crippen molar-refractivity contribution < 1.29 is 4.74 Å². The van der Waals surface area contributed by atoms with Gasteiger partial charge in [-0.3, -0.25) is 4.57 Å². The summed E-state index contributed by atoms with van der Waals surface area (Å²) in [6.45, 7) is 41.7. The minimum Gasteiger partial charge on any atom is -0.457 e. The van der Waals surface area contributed by atoms with Gasteiger partial charge in [-0.2, -0.15) is 0 Å². The Morgan fingerprint density at radius 3 is 1.42 bits per heavy atom. The van der Waals surface area contributed by atoms with Gasteiger partial charge in [-0.25, -0.2) is 4.98 Å². The first-order chi connectivity index (χ1) is 35.4. The van der Waals surface area contributed by atoms with Gasteiger partial charge in [0.1, 0.15) is 17.3 Å². The second kappa shape index (κ2) is 19.5. The molecule has 0 bridgehead atoms. The summed E-state index contributed by atoms with van der Waals surface area (Å²) in [7, 11) is 0. The van der Waals surface area contributed by atoms with Gasteiger partial charge in [0.25, 0.3) is 0 Å². The van der Waals surface area contributed by atoms with Crippen LogP contribution in [0.5, 0.6) is 11.5 Å². The second-order valence-corrected chi connectivity index (χ2v) is 27.3. The van der Waals surface area contributed by atoms with Gasteiger partial charge in [-0.05, 0) is 144 Å². The lowest BCUT2D eigenvalue weighted by molar-refractivity contribution is 0.483. The van der Waals surface area contributed by atoms with Gasteiger partial charge in [-0.1, -0.05) is 197 Å². The molecule has 0 fully saturated rings. The molecule has 0 spiro atoms. The Morgan fingerprint density at radius 2 is 0.868 bits per heavy atom. The number of pyridine rings is 1. The van der Waals surface area contributed by atoms with Crippen molar-refractivity contribution in [2.75, 3.05) is 10.6 Å². The molecule has 2 aromatic heterocycles. The maximum Gasteiger partial charge on any atom is 0.137 e. The normalized spacial score (nSPS) is 12.9. The van der Waals surface area contributed by atoms with Gasteiger partial charge in [0, 0.05) is 45.9 Å². The average Bonchev–Trinajstić information content (AvgIpc) is 3.66. The SMILES string of the molecule is CC(C)(C)c1ccnc(-n2c3ccccc3c3ccc(Oc4cccc(Nc5ccccc5Nc5c(-c6ccc(C(C)(C)C)cc6C(C)(C)C)cc(C(C)(C)C)cc5-c5ccc(C(C)(C)C)cc5C(C)(C)C)c4)cc32)c1. The van der Waals surface area contributed by atoms with E-state index in [4.69, 9.17) is 9.72 Å². The van der Waals surface area contributed by atoms with E-state index in [0.29, 0.717) is 0 Å². The van der Waals surface area contributed by atoms with Gasteiger partial charge in [0.15, 0.2) is 0 Å². The molecule has 0 radical (unpaired) electrons. The van der Waals surface area contributed by atoms with Crippen LogP contribution in [-0.4, -0.2) is 9.55 Å². The van der Waals surface area contributed by atoms with E-state index in [0.717, 1.165) is 56.5 Å². The molecule has 0 amide bonds. The lowest BCUT2D eigenvalue weighted by Crippen LogP contribution is -2.19. The number of anilines is 4. The van der Waals surface area contributed by atoms with Crippen LogP contribution in [0.15, 0.2) is 158 Å². The molecule has 0 atom stereocenters. The van der Waals surface area contributed by atoms with Crippen LogP contribution in [-0.2, 0) is 32.5 Å². The van der Waals surface area contributed by atoms with E-state index in [1.54, 1.807) is 0 Å². The average molecular weight is 1010 g/mol. The highest BCUT2D eigenvalue weighted by Crippen LogP contribution is 2.49. The number of nitrogens with one attached hydrogen (secondary N) is 2. The number of para-hydroxylation sites is 3. The Hall–Kier alpha value is -7.11. The summed E-state index contributed by atoms with van der Waals surface area (Å²) >= 11 is 0. The first-order valence-corrected chi connectivity index (χ1v) is 27.4. The van der Waals surface area contributed by atoms with Crippen LogP contribution >= 0.6 is 0 Å². The molecule has 7 aromatic carbocycles. The molecule has 0 saturated heterocycles. The third-order valence-electron chi connectivity index (χ3n) is 15.0. The Bertz CT molecular complexity index is 3520. The number of ether oxygens (including phenoxy) is 1. The summed E-state index contributed by atoms with van der Waals surface area (Å²) in [5.41, 5.74) is 18.3. The third-order valence-corrected chi connectivity index (χ3v) is 15.0. The highest BCUT2D eigenvalue weighted by molar-refractivity contribution is 6.09. The number of fused-ring (bicyclic) bond motifs is 3. The lowest BCUT2D eigenvalue weighted by Gasteiger charge is -2.32. The van der Waals surface area contributed by atoms with E-state index in [2.05, 4.69) is 285 Å². The molecule has 2 N–H and O–H groups in total. The molecular formula is C71H82N4O. The molecule has 9 rings (SSSR count). The van der Waals surface area contributed by atoms with Crippen LogP contribution in [0.4, 0.5) is 22.7 Å². The van der Waals surface area contributed by atoms with E-state index in [1.165, 1.54) is 61.0 Å². The van der Waals surface area contributed by atoms with E-state index in [-0.39, 0.29) is 32.5 Å². The largest absolute Gasteiger partial charge is 0.457 e. The maximum absolute atomic E-state index is 6.77. The fourth-order valence-corrected chi connectivity index (χ4v) is 10.4. The number of hydrogen-bond acceptors (Lipinski definition) is 4. The number of hydrogen-bond donors (Lipinski definition) is 2. The van der Waals surface area contributed by atoms with Crippen LogP contribution in [0, 0.1) is 0 Å². The van der Waals surface area contributed by atoms with Crippen molar-refractivity contribution in [3.63, 3.8) is 0 Å². The van der Waals surface area contributed by atoms with Crippen molar-refractivity contribution in [2.24, 2.45) is 0 Å². The summed E-state index contributed by atoms with van der Waals surface area (Å²) in [4.78, 5) is 4.91. The van der Waals surface area contributed by atoms with Crippen molar-refractivity contribution in [1.82, 2.24) is 9.55 Å². The molecule has 0 unspecified atom stereocenters. The van der Waals surface area contributed by atoms with Gasteiger partial charge < -0.3 is 15.4 Å². The van der Waals surface area contributed by atoms with Crippen molar-refractivity contribution in [3.8, 4) is 39.6 Å². The molecule has 5 heteroatoms. The Kier molecular flexibility index (Phi) is 13.8. The van der Waals surface area contributed by atoms with Gasteiger partial charge in [0.2, 0.25) is 0 Å². The van der Waals surface area contributed by atoms with Crippen molar-refractivity contribution in [3.05, 3.63) is 191 Å². The van der Waals surface area contributed by atoms with E-state index in [1.807, 2.05) is 12.3 Å². The Morgan fingerprint density at radius 1 is 0.368 bits per heavy atom. The number of benzene rings is 7. The monoisotopic (exact) mass is 1010 g/mol. The van der Waals surface area contributed by atoms with Crippen molar-refractivity contribution in [2.45, 2.75) is 157 Å². The number of aromatic nitrogens is 2. The summed E-state index contributed by atoms with van der Waals surface area (Å²) in [6.07, 6.45) is 1.92. The first kappa shape index (κ1) is 53.7. The summed E-state index contributed by atoms with van der Waals surface area (Å²) < 4.78 is 9.03. The van der Waals surface area contributed by atoms with Crippen LogP contribution in [0.25, 0.3) is 49.9 Å². The van der Waals surface area contributed by atoms with E-state index >= 15 is 0 Å². The topological polar surface area (TPSA) is 51.1 Å². The van der Waals surface area contributed by atoms with Crippen LogP contribution in [0.2, 0.25) is 0 Å². The molecule has 392 valence electrons. The Balaban J connectivity index is 1.16. The summed E-state index contributed by atoms with van der Waals surface area (Å²) in [5.74, 6) is 2.37. The number of rotatable bonds is 9. The summed E-state index contributed by atoms with van der Waals surface area (Å²) in [5, 5.41) is 10.3. The quantitative estimate of drug-likeness (QED) is 0.151. The van der Waals surface area contributed by atoms with E-state index in [9.17, 15) is 0 Å². The zero-order valence-corrected chi connectivity index (χ0v) is 48.8. The van der Waals surface area contributed by atoms with Crippen LogP contribution < -0.4 is 15.4 Å². The minimum absolute atomic E-state index is 0.00680. The highest BCUT2D eigenvalue weighted by atomic mass is 16.5. The van der Waals surface area contributed by atoms with Gasteiger partial charge in [0.05, 0.1) is 28.1 Å². The predicted octanol–water partition coefficient (Wildman–Crippen LogP) is 20.6. The zero-order chi connectivity index (χ0) is 54.9. The second-order valence-electron chi connectivity index (χ2n) is 27.3. The molecule has 76 heavy (non-hydrogen) atoms. The fourth-order valence-electron chi connectivity index (χ4n) is 10.4. The highest BCUT2D eigenvalue weighted by Gasteiger charge is 2.30. The molecular weight excluding hydrogens is 925 g/mol. The molecule has 5 nitrogen and oxygen atoms in total. The molecule has 0 saturated carbocycles. The van der Waals surface area contributed by atoms with Crippen molar-refractivity contribution >= 4 is 44.6 Å². The lowest BCUT2D eigenvalue weighted by atomic mass is 9.74. The van der Waals surface area contributed by atoms with Crippen LogP contribution in [0.3, 0.4) is 0 Å². The minimum atomic E-state index is -0.136. The summed E-state index contributed by atoms with van der Waals surface area (Å²) in [6, 6.07) is 55.4. The molecule has 9 aromatic rings. The molecule has 0 aliphatic carbocycles. The smallest absolute Gasteiger partial charge is 0.137 e.